The van der Waals surface area contributed by atoms with Crippen LogP contribution in [0.4, 0.5) is 13.6 Å². The Bertz CT molecular complexity index is 871. The summed E-state index contributed by atoms with van der Waals surface area (Å²) < 4.78 is 37.9. The molecule has 2 aliphatic rings. The first-order valence-electron chi connectivity index (χ1n) is 9.41. The van der Waals surface area contributed by atoms with Gasteiger partial charge < -0.3 is 19.7 Å². The van der Waals surface area contributed by atoms with Gasteiger partial charge in [0.2, 0.25) is 0 Å². The van der Waals surface area contributed by atoms with E-state index in [9.17, 15) is 13.6 Å². The largest absolute Gasteiger partial charge is 0.467 e. The number of benzene rings is 2. The van der Waals surface area contributed by atoms with Crippen molar-refractivity contribution in [2.24, 2.45) is 0 Å². The van der Waals surface area contributed by atoms with Crippen LogP contribution in [0.15, 0.2) is 36.4 Å². The minimum absolute atomic E-state index is 0.140. The molecule has 7 heteroatoms. The van der Waals surface area contributed by atoms with Crippen LogP contribution in [0.2, 0.25) is 0 Å². The maximum absolute atomic E-state index is 13.8. The molecule has 0 aromatic heterocycles. The van der Waals surface area contributed by atoms with Crippen LogP contribution in [0.5, 0.6) is 5.75 Å². The van der Waals surface area contributed by atoms with E-state index >= 15 is 0 Å². The molecule has 0 bridgehead atoms. The van der Waals surface area contributed by atoms with Crippen LogP contribution in [-0.4, -0.2) is 30.3 Å². The lowest BCUT2D eigenvalue weighted by Gasteiger charge is -2.24. The van der Waals surface area contributed by atoms with Crippen molar-refractivity contribution in [1.82, 2.24) is 10.2 Å². The highest BCUT2D eigenvalue weighted by molar-refractivity contribution is 5.75. The standard InChI is InChI=1S/C21H22F2N2O3/c22-17-3-1-2-14(8-17)11-25(19-4-5-19)21(26)24-7-6-15-9-18(23)10-16-12-27-13-28-20(15)16/h1-3,8-10,19H,4-7,11-13H2,(H,24,26). The first-order valence-corrected chi connectivity index (χ1v) is 9.41. The Balaban J connectivity index is 1.37. The van der Waals surface area contributed by atoms with Gasteiger partial charge in [-0.3, -0.25) is 0 Å². The molecular formula is C21H22F2N2O3. The summed E-state index contributed by atoms with van der Waals surface area (Å²) in [6.07, 6.45) is 2.35. The fourth-order valence-corrected chi connectivity index (χ4v) is 3.43. The van der Waals surface area contributed by atoms with E-state index in [-0.39, 0.29) is 30.5 Å². The number of nitrogens with zero attached hydrogens (tertiary/aromatic N) is 1. The van der Waals surface area contributed by atoms with Gasteiger partial charge in [0.15, 0.2) is 6.79 Å². The van der Waals surface area contributed by atoms with Crippen molar-refractivity contribution in [1.29, 1.82) is 0 Å². The van der Waals surface area contributed by atoms with Crippen LogP contribution in [0.25, 0.3) is 0 Å². The first kappa shape index (κ1) is 18.7. The number of hydrogen-bond acceptors (Lipinski definition) is 3. The van der Waals surface area contributed by atoms with Crippen LogP contribution in [-0.2, 0) is 24.3 Å². The van der Waals surface area contributed by atoms with Gasteiger partial charge in [0.1, 0.15) is 17.4 Å². The van der Waals surface area contributed by atoms with Crippen LogP contribution < -0.4 is 10.1 Å². The summed E-state index contributed by atoms with van der Waals surface area (Å²) >= 11 is 0. The second-order valence-electron chi connectivity index (χ2n) is 7.13. The minimum atomic E-state index is -0.347. The molecule has 1 aliphatic heterocycles. The highest BCUT2D eigenvalue weighted by Gasteiger charge is 2.32. The molecule has 1 fully saturated rings. The molecule has 1 aliphatic carbocycles. The molecule has 1 saturated carbocycles. The van der Waals surface area contributed by atoms with Gasteiger partial charge in [0.05, 0.1) is 6.61 Å². The van der Waals surface area contributed by atoms with Gasteiger partial charge in [0.25, 0.3) is 0 Å². The van der Waals surface area contributed by atoms with Crippen molar-refractivity contribution in [3.05, 3.63) is 64.7 Å². The molecule has 1 heterocycles. The van der Waals surface area contributed by atoms with Crippen molar-refractivity contribution in [3.8, 4) is 5.75 Å². The number of ether oxygens (including phenoxy) is 2. The topological polar surface area (TPSA) is 50.8 Å². The van der Waals surface area contributed by atoms with Crippen molar-refractivity contribution in [2.45, 2.75) is 38.5 Å². The van der Waals surface area contributed by atoms with E-state index in [0.717, 1.165) is 18.4 Å². The molecule has 5 nitrogen and oxygen atoms in total. The van der Waals surface area contributed by atoms with Gasteiger partial charge in [-0.15, -0.1) is 0 Å². The van der Waals surface area contributed by atoms with E-state index < -0.39 is 0 Å². The molecule has 0 saturated heterocycles. The number of carbonyl (C=O) groups is 1. The predicted molar refractivity (Wildman–Crippen MR) is 98.8 cm³/mol. The fraction of sp³-hybridized carbons (Fsp3) is 0.381. The molecule has 0 unspecified atom stereocenters. The molecule has 4 rings (SSSR count). The maximum atomic E-state index is 13.8. The molecule has 2 aromatic carbocycles. The number of hydrogen-bond donors (Lipinski definition) is 1. The lowest BCUT2D eigenvalue weighted by molar-refractivity contribution is -0.0172. The lowest BCUT2D eigenvalue weighted by Crippen LogP contribution is -2.41. The number of urea groups is 1. The summed E-state index contributed by atoms with van der Waals surface area (Å²) in [5.41, 5.74) is 2.15. The van der Waals surface area contributed by atoms with Crippen molar-refractivity contribution in [3.63, 3.8) is 0 Å². The summed E-state index contributed by atoms with van der Waals surface area (Å²) in [7, 11) is 0. The van der Waals surface area contributed by atoms with Gasteiger partial charge in [-0.1, -0.05) is 12.1 Å². The zero-order chi connectivity index (χ0) is 19.5. The van der Waals surface area contributed by atoms with E-state index in [2.05, 4.69) is 5.32 Å². The number of halogens is 2. The molecule has 0 radical (unpaired) electrons. The second-order valence-corrected chi connectivity index (χ2v) is 7.13. The quantitative estimate of drug-likeness (QED) is 0.820. The van der Waals surface area contributed by atoms with Crippen LogP contribution in [0.1, 0.15) is 29.5 Å². The Kier molecular flexibility index (Phi) is 5.43. The van der Waals surface area contributed by atoms with E-state index in [1.807, 2.05) is 6.07 Å². The Morgan fingerprint density at radius 1 is 1.18 bits per heavy atom. The third kappa shape index (κ3) is 4.42. The summed E-state index contributed by atoms with van der Waals surface area (Å²) in [5.74, 6) is -0.0193. The van der Waals surface area contributed by atoms with E-state index in [1.54, 1.807) is 11.0 Å². The molecule has 1 N–H and O–H groups in total. The van der Waals surface area contributed by atoms with Crippen molar-refractivity contribution >= 4 is 6.03 Å². The average Bonchev–Trinajstić information content (AvgIpc) is 3.51. The molecule has 0 spiro atoms. The van der Waals surface area contributed by atoms with E-state index in [0.29, 0.717) is 43.0 Å². The number of rotatable bonds is 6. The lowest BCUT2D eigenvalue weighted by atomic mass is 10.1. The van der Waals surface area contributed by atoms with Gasteiger partial charge in [-0.2, -0.15) is 0 Å². The van der Waals surface area contributed by atoms with Crippen molar-refractivity contribution < 1.29 is 23.0 Å². The highest BCUT2D eigenvalue weighted by atomic mass is 19.1. The van der Waals surface area contributed by atoms with Crippen LogP contribution >= 0.6 is 0 Å². The normalized spacial score (nSPS) is 15.5. The van der Waals surface area contributed by atoms with Crippen LogP contribution in [0.3, 0.4) is 0 Å². The zero-order valence-electron chi connectivity index (χ0n) is 15.4. The molecule has 2 amide bonds. The fourth-order valence-electron chi connectivity index (χ4n) is 3.43. The molecule has 28 heavy (non-hydrogen) atoms. The van der Waals surface area contributed by atoms with Gasteiger partial charge in [-0.05, 0) is 54.7 Å². The highest BCUT2D eigenvalue weighted by Crippen LogP contribution is 2.30. The Hall–Kier alpha value is -2.67. The second kappa shape index (κ2) is 8.14. The smallest absolute Gasteiger partial charge is 0.317 e. The number of fused-ring (bicyclic) bond motifs is 1. The molecular weight excluding hydrogens is 366 g/mol. The summed E-state index contributed by atoms with van der Waals surface area (Å²) in [6.45, 7) is 1.17. The summed E-state index contributed by atoms with van der Waals surface area (Å²) in [5, 5.41) is 2.90. The predicted octanol–water partition coefficient (Wildman–Crippen LogP) is 3.75. The Labute approximate surface area is 162 Å². The number of carbonyl (C=O) groups excluding carboxylic acids is 1. The Morgan fingerprint density at radius 2 is 2.04 bits per heavy atom. The number of nitrogens with one attached hydrogen (secondary N) is 1. The third-order valence-electron chi connectivity index (χ3n) is 4.91. The van der Waals surface area contributed by atoms with E-state index in [4.69, 9.17) is 9.47 Å². The summed E-state index contributed by atoms with van der Waals surface area (Å²) in [4.78, 5) is 14.4. The SMILES string of the molecule is O=C(NCCc1cc(F)cc2c1OCOC2)N(Cc1cccc(F)c1)C1CC1. The average molecular weight is 388 g/mol. The molecule has 0 atom stereocenters. The van der Waals surface area contributed by atoms with E-state index in [1.165, 1.54) is 24.3 Å². The van der Waals surface area contributed by atoms with Gasteiger partial charge in [0, 0.05) is 24.7 Å². The third-order valence-corrected chi connectivity index (χ3v) is 4.91. The summed E-state index contributed by atoms with van der Waals surface area (Å²) in [6, 6.07) is 9.12. The van der Waals surface area contributed by atoms with Crippen LogP contribution in [0, 0.1) is 11.6 Å². The van der Waals surface area contributed by atoms with Gasteiger partial charge in [-0.25, -0.2) is 13.6 Å². The minimum Gasteiger partial charge on any atom is -0.467 e. The Morgan fingerprint density at radius 3 is 2.82 bits per heavy atom. The van der Waals surface area contributed by atoms with Crippen molar-refractivity contribution in [2.75, 3.05) is 13.3 Å². The first-order chi connectivity index (χ1) is 13.6. The molecule has 2 aromatic rings. The monoisotopic (exact) mass is 388 g/mol. The zero-order valence-corrected chi connectivity index (χ0v) is 15.4. The van der Waals surface area contributed by atoms with Gasteiger partial charge >= 0.3 is 6.03 Å². The number of amides is 2. The maximum Gasteiger partial charge on any atom is 0.317 e. The molecule has 148 valence electrons.